The van der Waals surface area contributed by atoms with Gasteiger partial charge in [0.15, 0.2) is 0 Å². The summed E-state index contributed by atoms with van der Waals surface area (Å²) in [6.45, 7) is 4.07. The Bertz CT molecular complexity index is 814. The molecule has 1 heterocycles. The highest BCUT2D eigenvalue weighted by atomic mass is 16.2. The summed E-state index contributed by atoms with van der Waals surface area (Å²) in [6, 6.07) is 8.22. The van der Waals surface area contributed by atoms with Gasteiger partial charge < -0.3 is 20.9 Å². The number of amides is 2. The van der Waals surface area contributed by atoms with Gasteiger partial charge in [-0.05, 0) is 62.8 Å². The van der Waals surface area contributed by atoms with E-state index in [1.165, 1.54) is 5.56 Å². The highest BCUT2D eigenvalue weighted by Crippen LogP contribution is 2.22. The molecule has 1 aliphatic carbocycles. The van der Waals surface area contributed by atoms with E-state index in [9.17, 15) is 4.79 Å². The van der Waals surface area contributed by atoms with Crippen molar-refractivity contribution >= 4 is 23.5 Å². The van der Waals surface area contributed by atoms with Crippen LogP contribution in [0.25, 0.3) is 0 Å². The van der Waals surface area contributed by atoms with Crippen molar-refractivity contribution in [1.29, 1.82) is 0 Å². The van der Waals surface area contributed by atoms with E-state index in [4.69, 9.17) is 0 Å². The van der Waals surface area contributed by atoms with Gasteiger partial charge in [0.05, 0.1) is 0 Å². The first-order valence-corrected chi connectivity index (χ1v) is 9.83. The minimum absolute atomic E-state index is 0.132. The summed E-state index contributed by atoms with van der Waals surface area (Å²) in [5.74, 6) is 1.55. The Morgan fingerprint density at radius 2 is 1.79 bits per heavy atom. The molecule has 0 unspecified atom stereocenters. The summed E-state index contributed by atoms with van der Waals surface area (Å²) < 4.78 is 0. The van der Waals surface area contributed by atoms with Crippen LogP contribution in [0.4, 0.5) is 22.2 Å². The lowest BCUT2D eigenvalue weighted by Gasteiger charge is -2.30. The zero-order chi connectivity index (χ0) is 20.1. The lowest BCUT2D eigenvalue weighted by molar-refractivity contribution is 0.243. The third kappa shape index (κ3) is 5.12. The molecule has 7 heteroatoms. The van der Waals surface area contributed by atoms with Crippen molar-refractivity contribution in [2.24, 2.45) is 0 Å². The zero-order valence-electron chi connectivity index (χ0n) is 17.1. The molecule has 3 N–H and O–H groups in total. The second-order valence-corrected chi connectivity index (χ2v) is 7.67. The molecule has 7 nitrogen and oxygen atoms in total. The Balaban J connectivity index is 1.47. The summed E-state index contributed by atoms with van der Waals surface area (Å²) in [7, 11) is 3.93. The fourth-order valence-corrected chi connectivity index (χ4v) is 3.46. The number of hydrogen-bond acceptors (Lipinski definition) is 5. The highest BCUT2D eigenvalue weighted by Gasteiger charge is 2.23. The van der Waals surface area contributed by atoms with Crippen molar-refractivity contribution in [1.82, 2.24) is 15.3 Å². The van der Waals surface area contributed by atoms with Gasteiger partial charge in [-0.25, -0.2) is 9.78 Å². The molecule has 0 saturated heterocycles. The predicted octanol–water partition coefficient (Wildman–Crippen LogP) is 3.70. The molecule has 1 saturated carbocycles. The van der Waals surface area contributed by atoms with Crippen LogP contribution < -0.4 is 20.9 Å². The van der Waals surface area contributed by atoms with E-state index in [1.807, 2.05) is 57.1 Å². The topological polar surface area (TPSA) is 82.2 Å². The van der Waals surface area contributed by atoms with E-state index in [-0.39, 0.29) is 12.1 Å². The lowest BCUT2D eigenvalue weighted by atomic mass is 9.91. The van der Waals surface area contributed by atoms with Crippen molar-refractivity contribution in [3.8, 4) is 0 Å². The van der Waals surface area contributed by atoms with Crippen molar-refractivity contribution in [2.75, 3.05) is 29.6 Å². The first-order chi connectivity index (χ1) is 13.4. The highest BCUT2D eigenvalue weighted by molar-refractivity contribution is 5.90. The number of carbonyl (C=O) groups is 1. The second-order valence-electron chi connectivity index (χ2n) is 7.67. The van der Waals surface area contributed by atoms with E-state index in [0.29, 0.717) is 12.0 Å². The largest absolute Gasteiger partial charge is 0.363 e. The summed E-state index contributed by atoms with van der Waals surface area (Å²) in [6.07, 6.45) is 5.60. The summed E-state index contributed by atoms with van der Waals surface area (Å²) in [5, 5.41) is 9.51. The van der Waals surface area contributed by atoms with Gasteiger partial charge in [0.2, 0.25) is 5.95 Å². The first-order valence-electron chi connectivity index (χ1n) is 9.83. The molecule has 1 aromatic carbocycles. The van der Waals surface area contributed by atoms with Crippen LogP contribution in [-0.4, -0.2) is 42.2 Å². The Morgan fingerprint density at radius 3 is 2.50 bits per heavy atom. The summed E-state index contributed by atoms with van der Waals surface area (Å²) in [5.41, 5.74) is 3.14. The van der Waals surface area contributed by atoms with Gasteiger partial charge >= 0.3 is 6.03 Å². The van der Waals surface area contributed by atoms with Crippen LogP contribution >= 0.6 is 0 Å². The lowest BCUT2D eigenvalue weighted by Crippen LogP contribution is -2.42. The molecule has 2 aromatic rings. The molecular weight excluding hydrogens is 352 g/mol. The number of nitrogens with one attached hydrogen (secondary N) is 3. The molecule has 0 bridgehead atoms. The number of anilines is 3. The van der Waals surface area contributed by atoms with Gasteiger partial charge in [-0.3, -0.25) is 0 Å². The minimum atomic E-state index is -0.132. The van der Waals surface area contributed by atoms with Crippen LogP contribution in [0.1, 0.15) is 36.8 Å². The Morgan fingerprint density at radius 1 is 1.07 bits per heavy atom. The molecule has 1 aromatic heterocycles. The van der Waals surface area contributed by atoms with Gasteiger partial charge in [0.25, 0.3) is 0 Å². The molecule has 28 heavy (non-hydrogen) atoms. The van der Waals surface area contributed by atoms with Crippen LogP contribution in [0, 0.1) is 13.8 Å². The third-order valence-corrected chi connectivity index (χ3v) is 5.35. The van der Waals surface area contributed by atoms with Crippen LogP contribution in [0.15, 0.2) is 30.5 Å². The maximum Gasteiger partial charge on any atom is 0.319 e. The maximum atomic E-state index is 12.4. The number of carbonyl (C=O) groups excluding carboxylic acids is 1. The fourth-order valence-electron chi connectivity index (χ4n) is 3.46. The van der Waals surface area contributed by atoms with E-state index in [0.717, 1.165) is 42.8 Å². The van der Waals surface area contributed by atoms with E-state index in [2.05, 4.69) is 25.9 Å². The zero-order valence-corrected chi connectivity index (χ0v) is 17.1. The van der Waals surface area contributed by atoms with Crippen LogP contribution in [0.2, 0.25) is 0 Å². The van der Waals surface area contributed by atoms with Crippen molar-refractivity contribution in [3.63, 3.8) is 0 Å². The van der Waals surface area contributed by atoms with Gasteiger partial charge in [-0.2, -0.15) is 4.98 Å². The Hall–Kier alpha value is -2.83. The number of rotatable bonds is 5. The van der Waals surface area contributed by atoms with Crippen molar-refractivity contribution < 1.29 is 4.79 Å². The number of aryl methyl sites for hydroxylation is 1. The third-order valence-electron chi connectivity index (χ3n) is 5.35. The molecule has 2 amide bonds. The molecule has 150 valence electrons. The van der Waals surface area contributed by atoms with E-state index in [1.54, 1.807) is 6.20 Å². The van der Waals surface area contributed by atoms with Crippen molar-refractivity contribution in [3.05, 3.63) is 41.6 Å². The maximum absolute atomic E-state index is 12.4. The molecule has 0 aliphatic heterocycles. The monoisotopic (exact) mass is 382 g/mol. The van der Waals surface area contributed by atoms with E-state index < -0.39 is 0 Å². The molecule has 3 rings (SSSR count). The van der Waals surface area contributed by atoms with Gasteiger partial charge in [-0.1, -0.05) is 12.1 Å². The molecule has 1 fully saturated rings. The SMILES string of the molecule is Cc1cccc(NC(=O)N[C@H]2CC[C@@H](Nc3nccc(N(C)C)n3)CC2)c1C. The van der Waals surface area contributed by atoms with Crippen LogP contribution in [0.3, 0.4) is 0 Å². The standard InChI is InChI=1S/C21H30N6O/c1-14-6-5-7-18(15(14)2)25-21(28)24-17-10-8-16(9-11-17)23-20-22-13-12-19(26-20)27(3)4/h5-7,12-13,16-17H,8-11H2,1-4H3,(H,22,23,26)(H2,24,25,28)/t16-,17+. The minimum Gasteiger partial charge on any atom is -0.363 e. The predicted molar refractivity (Wildman–Crippen MR) is 114 cm³/mol. The number of urea groups is 1. The number of hydrogen-bond donors (Lipinski definition) is 3. The molecule has 1 aliphatic rings. The second kappa shape index (κ2) is 8.91. The average molecular weight is 383 g/mol. The molecule has 0 atom stereocenters. The normalized spacial score (nSPS) is 19.0. The van der Waals surface area contributed by atoms with Gasteiger partial charge in [-0.15, -0.1) is 0 Å². The average Bonchev–Trinajstić information content (AvgIpc) is 2.67. The number of benzene rings is 1. The summed E-state index contributed by atoms with van der Waals surface area (Å²) in [4.78, 5) is 23.2. The first kappa shape index (κ1) is 19.9. The van der Waals surface area contributed by atoms with Crippen LogP contribution in [0.5, 0.6) is 0 Å². The number of aromatic nitrogens is 2. The molecular formula is C21H30N6O. The van der Waals surface area contributed by atoms with E-state index >= 15 is 0 Å². The van der Waals surface area contributed by atoms with Gasteiger partial charge in [0.1, 0.15) is 5.82 Å². The summed E-state index contributed by atoms with van der Waals surface area (Å²) >= 11 is 0. The Labute approximate surface area is 167 Å². The Kier molecular flexibility index (Phi) is 6.34. The smallest absolute Gasteiger partial charge is 0.319 e. The quantitative estimate of drug-likeness (QED) is 0.734. The van der Waals surface area contributed by atoms with Crippen LogP contribution in [-0.2, 0) is 0 Å². The number of nitrogens with zero attached hydrogens (tertiary/aromatic N) is 3. The van der Waals surface area contributed by atoms with Crippen molar-refractivity contribution in [2.45, 2.75) is 51.6 Å². The fraction of sp³-hybridized carbons (Fsp3) is 0.476. The molecule has 0 spiro atoms. The molecule has 0 radical (unpaired) electrons. The van der Waals surface area contributed by atoms with Gasteiger partial charge in [0, 0.05) is 38.1 Å².